The van der Waals surface area contributed by atoms with Crippen molar-refractivity contribution in [2.24, 2.45) is 0 Å². The van der Waals surface area contributed by atoms with Crippen molar-refractivity contribution >= 4 is 5.82 Å². The van der Waals surface area contributed by atoms with Crippen LogP contribution in [0.5, 0.6) is 11.5 Å². The summed E-state index contributed by atoms with van der Waals surface area (Å²) in [4.78, 5) is 15.9. The number of nitrogens with zero attached hydrogens (tertiary/aromatic N) is 4. The van der Waals surface area contributed by atoms with E-state index in [0.29, 0.717) is 12.4 Å². The molecule has 34 heavy (non-hydrogen) atoms. The maximum atomic E-state index is 5.99. The van der Waals surface area contributed by atoms with Gasteiger partial charge in [-0.2, -0.15) is 0 Å². The maximum Gasteiger partial charge on any atom is 0.161 e. The molecule has 0 spiro atoms. The fourth-order valence-electron chi connectivity index (χ4n) is 3.90. The molecule has 1 aromatic carbocycles. The molecule has 0 aliphatic rings. The highest BCUT2D eigenvalue weighted by Gasteiger charge is 2.14. The van der Waals surface area contributed by atoms with E-state index in [0.717, 1.165) is 66.4 Å². The number of hydrogen-bond acceptors (Lipinski definition) is 7. The zero-order chi connectivity index (χ0) is 24.3. The van der Waals surface area contributed by atoms with Crippen LogP contribution in [0, 0.1) is 6.92 Å². The molecule has 2 heterocycles. The van der Waals surface area contributed by atoms with Crippen LogP contribution in [-0.2, 0) is 0 Å². The molecule has 3 rings (SSSR count). The Hall–Kier alpha value is -3.19. The predicted octanol–water partition coefficient (Wildman–Crippen LogP) is 5.53. The molecule has 0 fully saturated rings. The number of rotatable bonds is 13. The Balaban J connectivity index is 1.76. The summed E-state index contributed by atoms with van der Waals surface area (Å²) in [5.41, 5.74) is 4.00. The Bertz CT molecular complexity index is 1040. The van der Waals surface area contributed by atoms with Gasteiger partial charge < -0.3 is 19.7 Å². The third-order valence-corrected chi connectivity index (χ3v) is 5.85. The highest BCUT2D eigenvalue weighted by molar-refractivity contribution is 5.64. The molecule has 182 valence electrons. The molecule has 0 bridgehead atoms. The summed E-state index contributed by atoms with van der Waals surface area (Å²) in [6, 6.07) is 8.18. The second-order valence-corrected chi connectivity index (χ2v) is 8.31. The molecule has 0 saturated heterocycles. The number of anilines is 1. The molecule has 0 amide bonds. The Morgan fingerprint density at radius 1 is 0.971 bits per heavy atom. The molecular weight excluding hydrogens is 426 g/mol. The van der Waals surface area contributed by atoms with Gasteiger partial charge in [0.2, 0.25) is 0 Å². The van der Waals surface area contributed by atoms with Crippen LogP contribution in [0.2, 0.25) is 0 Å². The van der Waals surface area contributed by atoms with Crippen molar-refractivity contribution in [1.82, 2.24) is 19.9 Å². The number of likely N-dealkylation sites (N-methyl/N-ethyl adjacent to an activating group) is 1. The lowest BCUT2D eigenvalue weighted by molar-refractivity contribution is 0.217. The van der Waals surface area contributed by atoms with Crippen LogP contribution in [0.25, 0.3) is 11.3 Å². The summed E-state index contributed by atoms with van der Waals surface area (Å²) in [6.07, 6.45) is 9.34. The summed E-state index contributed by atoms with van der Waals surface area (Å²) in [7, 11) is 1.66. The minimum Gasteiger partial charge on any atom is -0.493 e. The number of aryl methyl sites for hydroxylation is 1. The lowest BCUT2D eigenvalue weighted by Gasteiger charge is -2.20. The van der Waals surface area contributed by atoms with Gasteiger partial charge in [0.25, 0.3) is 0 Å². The highest BCUT2D eigenvalue weighted by Crippen LogP contribution is 2.32. The second-order valence-electron chi connectivity index (χ2n) is 8.31. The molecular formula is C27H37N5O2. The first-order valence-electron chi connectivity index (χ1n) is 12.1. The van der Waals surface area contributed by atoms with Gasteiger partial charge in [0, 0.05) is 24.5 Å². The summed E-state index contributed by atoms with van der Waals surface area (Å²) < 4.78 is 11.6. The zero-order valence-electron chi connectivity index (χ0n) is 21.0. The average Bonchev–Trinajstić information content (AvgIpc) is 2.86. The van der Waals surface area contributed by atoms with Gasteiger partial charge in [0.15, 0.2) is 11.5 Å². The normalized spacial score (nSPS) is 11.9. The highest BCUT2D eigenvalue weighted by atomic mass is 16.5. The van der Waals surface area contributed by atoms with Crippen LogP contribution in [0.4, 0.5) is 5.82 Å². The minimum atomic E-state index is 0.123. The standard InChI is InChI=1S/C27H37N5O2/c1-6-9-23(22-14-20(4)16-28-17-22)30-27-19-29-18-24(31-27)21-10-11-25(26(15-21)33-5)34-13-12-32(7-2)8-3/h10-11,14-19,23H,6-9,12-13H2,1-5H3,(H,30,31). The van der Waals surface area contributed by atoms with E-state index in [-0.39, 0.29) is 6.04 Å². The quantitative estimate of drug-likeness (QED) is 0.357. The van der Waals surface area contributed by atoms with Gasteiger partial charge in [0.05, 0.1) is 31.2 Å². The average molecular weight is 464 g/mol. The van der Waals surface area contributed by atoms with Gasteiger partial charge in [-0.25, -0.2) is 4.98 Å². The van der Waals surface area contributed by atoms with E-state index >= 15 is 0 Å². The predicted molar refractivity (Wildman–Crippen MR) is 138 cm³/mol. The van der Waals surface area contributed by atoms with E-state index < -0.39 is 0 Å². The van der Waals surface area contributed by atoms with Crippen molar-refractivity contribution in [3.05, 3.63) is 60.2 Å². The molecule has 0 radical (unpaired) electrons. The van der Waals surface area contributed by atoms with Crippen LogP contribution in [0.3, 0.4) is 0 Å². The van der Waals surface area contributed by atoms with Crippen molar-refractivity contribution in [3.63, 3.8) is 0 Å². The Labute approximate surface area is 203 Å². The molecule has 2 aromatic heterocycles. The van der Waals surface area contributed by atoms with Crippen LogP contribution in [0.15, 0.2) is 49.1 Å². The molecule has 7 nitrogen and oxygen atoms in total. The Morgan fingerprint density at radius 2 is 1.76 bits per heavy atom. The third kappa shape index (κ3) is 6.90. The summed E-state index contributed by atoms with van der Waals surface area (Å²) in [5.74, 6) is 2.15. The van der Waals surface area contributed by atoms with Crippen LogP contribution >= 0.6 is 0 Å². The molecule has 1 unspecified atom stereocenters. The number of pyridine rings is 1. The largest absolute Gasteiger partial charge is 0.493 e. The number of hydrogen-bond donors (Lipinski definition) is 1. The monoisotopic (exact) mass is 463 g/mol. The summed E-state index contributed by atoms with van der Waals surface area (Å²) in [5, 5.41) is 3.55. The second kappa shape index (κ2) is 12.9. The van der Waals surface area contributed by atoms with E-state index in [4.69, 9.17) is 14.5 Å². The third-order valence-electron chi connectivity index (χ3n) is 5.85. The molecule has 0 aliphatic heterocycles. The lowest BCUT2D eigenvalue weighted by atomic mass is 10.0. The van der Waals surface area contributed by atoms with Crippen LogP contribution in [-0.4, -0.2) is 53.2 Å². The van der Waals surface area contributed by atoms with Crippen molar-refractivity contribution in [2.45, 2.75) is 46.6 Å². The SMILES string of the molecule is CCCC(Nc1cncc(-c2ccc(OCCN(CC)CC)c(OC)c2)n1)c1cncc(C)c1. The topological polar surface area (TPSA) is 72.4 Å². The Kier molecular flexibility index (Phi) is 9.64. The van der Waals surface area contributed by atoms with Gasteiger partial charge in [-0.3, -0.25) is 9.97 Å². The number of nitrogens with one attached hydrogen (secondary N) is 1. The first-order chi connectivity index (χ1) is 16.6. The van der Waals surface area contributed by atoms with Crippen molar-refractivity contribution in [3.8, 4) is 22.8 Å². The molecule has 3 aromatic rings. The van der Waals surface area contributed by atoms with Gasteiger partial charge in [-0.15, -0.1) is 0 Å². The van der Waals surface area contributed by atoms with Gasteiger partial charge in [0.1, 0.15) is 12.4 Å². The first-order valence-corrected chi connectivity index (χ1v) is 12.1. The number of aromatic nitrogens is 3. The van der Waals surface area contributed by atoms with Crippen molar-refractivity contribution < 1.29 is 9.47 Å². The van der Waals surface area contributed by atoms with Crippen molar-refractivity contribution in [2.75, 3.05) is 38.7 Å². The first kappa shape index (κ1) is 25.4. The van der Waals surface area contributed by atoms with Gasteiger partial charge in [-0.1, -0.05) is 33.3 Å². The smallest absolute Gasteiger partial charge is 0.161 e. The van der Waals surface area contributed by atoms with Gasteiger partial charge in [-0.05, 0) is 55.8 Å². The molecule has 7 heteroatoms. The number of methoxy groups -OCH3 is 1. The number of ether oxygens (including phenoxy) is 2. The molecule has 1 N–H and O–H groups in total. The van der Waals surface area contributed by atoms with Gasteiger partial charge >= 0.3 is 0 Å². The molecule has 0 aliphatic carbocycles. The van der Waals surface area contributed by atoms with E-state index in [2.05, 4.69) is 53.9 Å². The van der Waals surface area contributed by atoms with Crippen molar-refractivity contribution in [1.29, 1.82) is 0 Å². The van der Waals surface area contributed by atoms with E-state index in [9.17, 15) is 0 Å². The maximum absolute atomic E-state index is 5.99. The zero-order valence-corrected chi connectivity index (χ0v) is 21.0. The van der Waals surface area contributed by atoms with Crippen LogP contribution < -0.4 is 14.8 Å². The molecule has 1 atom stereocenters. The van der Waals surface area contributed by atoms with E-state index in [1.165, 1.54) is 0 Å². The molecule has 0 saturated carbocycles. The Morgan fingerprint density at radius 3 is 2.47 bits per heavy atom. The van der Waals surface area contributed by atoms with E-state index in [1.54, 1.807) is 19.5 Å². The lowest BCUT2D eigenvalue weighted by Crippen LogP contribution is -2.27. The van der Waals surface area contributed by atoms with Crippen LogP contribution in [0.1, 0.15) is 50.8 Å². The van der Waals surface area contributed by atoms with E-state index in [1.807, 2.05) is 30.6 Å². The minimum absolute atomic E-state index is 0.123. The fraction of sp³-hybridized carbons (Fsp3) is 0.444. The fourth-order valence-corrected chi connectivity index (χ4v) is 3.90. The summed E-state index contributed by atoms with van der Waals surface area (Å²) >= 11 is 0. The summed E-state index contributed by atoms with van der Waals surface area (Å²) in [6.45, 7) is 12.1. The number of benzene rings is 1.